The van der Waals surface area contributed by atoms with E-state index in [1.54, 1.807) is 12.1 Å². The number of halogens is 1. The monoisotopic (exact) mass is 472 g/mol. The highest BCUT2D eigenvalue weighted by atomic mass is 35.5. The summed E-state index contributed by atoms with van der Waals surface area (Å²) < 4.78 is 34.2. The summed E-state index contributed by atoms with van der Waals surface area (Å²) in [4.78, 5) is 12.4. The van der Waals surface area contributed by atoms with Gasteiger partial charge in [0.2, 0.25) is 0 Å². The Labute approximate surface area is 193 Å². The number of hydrogen-bond acceptors (Lipinski definition) is 4. The fraction of sp³-hybridized carbons (Fsp3) is 0.208. The molecule has 3 rings (SSSR count). The van der Waals surface area contributed by atoms with E-state index in [0.29, 0.717) is 5.69 Å². The van der Waals surface area contributed by atoms with Gasteiger partial charge >= 0.3 is 0 Å². The second-order valence-corrected chi connectivity index (χ2v) is 9.43. The molecular weight excluding hydrogens is 448 g/mol. The first-order chi connectivity index (χ1) is 15.2. The molecule has 0 heterocycles. The van der Waals surface area contributed by atoms with E-state index in [-0.39, 0.29) is 28.6 Å². The number of benzene rings is 3. The predicted molar refractivity (Wildman–Crippen MR) is 127 cm³/mol. The van der Waals surface area contributed by atoms with Crippen molar-refractivity contribution in [2.75, 3.05) is 17.9 Å². The van der Waals surface area contributed by atoms with Crippen molar-refractivity contribution < 1.29 is 17.9 Å². The average Bonchev–Trinajstić information content (AvgIpc) is 2.75. The molecule has 3 aromatic rings. The number of anilines is 1. The van der Waals surface area contributed by atoms with Gasteiger partial charge in [0, 0.05) is 5.56 Å². The van der Waals surface area contributed by atoms with Crippen LogP contribution in [0.2, 0.25) is 5.02 Å². The van der Waals surface area contributed by atoms with Crippen molar-refractivity contribution in [3.05, 3.63) is 87.9 Å². The van der Waals surface area contributed by atoms with Gasteiger partial charge in [0.1, 0.15) is 17.3 Å². The van der Waals surface area contributed by atoms with Crippen molar-refractivity contribution in [2.45, 2.75) is 25.7 Å². The Balaban J connectivity index is 1.69. The standard InChI is InChI=1S/C24H25ClN2O4S/c1-16-8-6-9-21(18(16)3)27-32(29,30)23-15-19(11-12-20(23)25)24(28)26-13-14-31-22-10-5-4-7-17(22)2/h4-12,15,27H,13-14H2,1-3H3,(H,26,28). The number of sulfonamides is 1. The van der Waals surface area contributed by atoms with Gasteiger partial charge < -0.3 is 10.1 Å². The van der Waals surface area contributed by atoms with Crippen LogP contribution in [0, 0.1) is 20.8 Å². The third-order valence-electron chi connectivity index (χ3n) is 5.07. The van der Waals surface area contributed by atoms with Crippen molar-refractivity contribution in [1.29, 1.82) is 0 Å². The van der Waals surface area contributed by atoms with E-state index in [9.17, 15) is 13.2 Å². The predicted octanol–water partition coefficient (Wildman–Crippen LogP) is 4.87. The molecule has 0 aliphatic heterocycles. The number of carbonyl (C=O) groups excluding carboxylic acids is 1. The lowest BCUT2D eigenvalue weighted by Crippen LogP contribution is -2.28. The van der Waals surface area contributed by atoms with Gasteiger partial charge in [-0.2, -0.15) is 0 Å². The van der Waals surface area contributed by atoms with Crippen LogP contribution in [0.5, 0.6) is 5.75 Å². The van der Waals surface area contributed by atoms with E-state index in [1.807, 2.05) is 51.1 Å². The summed E-state index contributed by atoms with van der Waals surface area (Å²) in [6, 6.07) is 17.1. The molecule has 32 heavy (non-hydrogen) atoms. The van der Waals surface area contributed by atoms with E-state index in [0.717, 1.165) is 22.4 Å². The minimum Gasteiger partial charge on any atom is -0.491 e. The topological polar surface area (TPSA) is 84.5 Å². The number of amides is 1. The number of hydrogen-bond donors (Lipinski definition) is 2. The number of ether oxygens (including phenoxy) is 1. The lowest BCUT2D eigenvalue weighted by atomic mass is 10.1. The molecular formula is C24H25ClN2O4S. The first-order valence-electron chi connectivity index (χ1n) is 10.0. The number of aryl methyl sites for hydroxylation is 2. The van der Waals surface area contributed by atoms with Crippen LogP contribution in [0.1, 0.15) is 27.0 Å². The summed E-state index contributed by atoms with van der Waals surface area (Å²) in [6.07, 6.45) is 0. The van der Waals surface area contributed by atoms with Crippen molar-refractivity contribution >= 4 is 33.2 Å². The van der Waals surface area contributed by atoms with E-state index in [1.165, 1.54) is 18.2 Å². The number of nitrogens with one attached hydrogen (secondary N) is 2. The Morgan fingerprint density at radius 1 is 0.969 bits per heavy atom. The quantitative estimate of drug-likeness (QED) is 0.458. The molecule has 168 valence electrons. The Morgan fingerprint density at radius 2 is 1.69 bits per heavy atom. The molecule has 0 saturated carbocycles. The van der Waals surface area contributed by atoms with Crippen molar-refractivity contribution in [3.8, 4) is 5.75 Å². The maximum atomic E-state index is 13.0. The normalized spacial score (nSPS) is 11.1. The highest BCUT2D eigenvalue weighted by Gasteiger charge is 2.21. The van der Waals surface area contributed by atoms with Crippen LogP contribution in [-0.2, 0) is 10.0 Å². The molecule has 0 aliphatic rings. The molecule has 0 aromatic heterocycles. The lowest BCUT2D eigenvalue weighted by Gasteiger charge is -2.14. The lowest BCUT2D eigenvalue weighted by molar-refractivity contribution is 0.0946. The number of carbonyl (C=O) groups is 1. The summed E-state index contributed by atoms with van der Waals surface area (Å²) in [5.74, 6) is 0.331. The zero-order valence-corrected chi connectivity index (χ0v) is 19.7. The molecule has 3 aromatic carbocycles. The molecule has 0 aliphatic carbocycles. The molecule has 1 amide bonds. The van der Waals surface area contributed by atoms with Crippen LogP contribution in [-0.4, -0.2) is 27.5 Å². The summed E-state index contributed by atoms with van der Waals surface area (Å²) in [6.45, 7) is 6.21. The van der Waals surface area contributed by atoms with E-state index < -0.39 is 15.9 Å². The van der Waals surface area contributed by atoms with Crippen LogP contribution in [0.3, 0.4) is 0 Å². The van der Waals surface area contributed by atoms with Crippen LogP contribution in [0.15, 0.2) is 65.6 Å². The van der Waals surface area contributed by atoms with E-state index in [2.05, 4.69) is 10.0 Å². The summed E-state index contributed by atoms with van der Waals surface area (Å²) in [5, 5.41) is 2.76. The smallest absolute Gasteiger partial charge is 0.263 e. The Hall–Kier alpha value is -3.03. The van der Waals surface area contributed by atoms with Gasteiger partial charge in [0.25, 0.3) is 15.9 Å². The van der Waals surface area contributed by atoms with Gasteiger partial charge in [-0.05, 0) is 67.8 Å². The van der Waals surface area contributed by atoms with Gasteiger partial charge in [-0.25, -0.2) is 8.42 Å². The Bertz CT molecular complexity index is 1240. The third kappa shape index (κ3) is 5.60. The maximum absolute atomic E-state index is 13.0. The summed E-state index contributed by atoms with van der Waals surface area (Å²) in [5.41, 5.74) is 3.42. The second-order valence-electron chi connectivity index (χ2n) is 7.37. The van der Waals surface area contributed by atoms with Crippen molar-refractivity contribution in [1.82, 2.24) is 5.32 Å². The number of para-hydroxylation sites is 1. The molecule has 0 unspecified atom stereocenters. The average molecular weight is 473 g/mol. The highest BCUT2D eigenvalue weighted by Crippen LogP contribution is 2.27. The van der Waals surface area contributed by atoms with Crippen LogP contribution < -0.4 is 14.8 Å². The fourth-order valence-electron chi connectivity index (χ4n) is 3.06. The first-order valence-corrected chi connectivity index (χ1v) is 11.9. The molecule has 2 N–H and O–H groups in total. The molecule has 0 fully saturated rings. The van der Waals surface area contributed by atoms with Gasteiger partial charge in [-0.3, -0.25) is 9.52 Å². The fourth-order valence-corrected chi connectivity index (χ4v) is 4.71. The van der Waals surface area contributed by atoms with Gasteiger partial charge in [0.15, 0.2) is 0 Å². The van der Waals surface area contributed by atoms with Crippen LogP contribution in [0.4, 0.5) is 5.69 Å². The minimum absolute atomic E-state index is 0.0299. The largest absolute Gasteiger partial charge is 0.491 e. The van der Waals surface area contributed by atoms with Gasteiger partial charge in [-0.15, -0.1) is 0 Å². The maximum Gasteiger partial charge on any atom is 0.263 e. The van der Waals surface area contributed by atoms with Crippen molar-refractivity contribution in [2.24, 2.45) is 0 Å². The first kappa shape index (κ1) is 23.6. The SMILES string of the molecule is Cc1ccccc1OCCNC(=O)c1ccc(Cl)c(S(=O)(=O)Nc2cccc(C)c2C)c1. The molecule has 0 spiro atoms. The molecule has 0 bridgehead atoms. The van der Waals surface area contributed by atoms with Crippen molar-refractivity contribution in [3.63, 3.8) is 0 Å². The Morgan fingerprint density at radius 3 is 2.44 bits per heavy atom. The zero-order chi connectivity index (χ0) is 23.3. The molecule has 8 heteroatoms. The minimum atomic E-state index is -3.99. The Kier molecular flexibility index (Phi) is 7.43. The zero-order valence-electron chi connectivity index (χ0n) is 18.1. The van der Waals surface area contributed by atoms with Gasteiger partial charge in [-0.1, -0.05) is 41.9 Å². The van der Waals surface area contributed by atoms with E-state index >= 15 is 0 Å². The second kappa shape index (κ2) is 10.1. The number of rotatable bonds is 8. The molecule has 6 nitrogen and oxygen atoms in total. The summed E-state index contributed by atoms with van der Waals surface area (Å²) in [7, 11) is -3.99. The molecule has 0 radical (unpaired) electrons. The van der Waals surface area contributed by atoms with E-state index in [4.69, 9.17) is 16.3 Å². The molecule has 0 atom stereocenters. The third-order valence-corrected chi connectivity index (χ3v) is 6.92. The molecule has 0 saturated heterocycles. The van der Waals surface area contributed by atoms with Gasteiger partial charge in [0.05, 0.1) is 17.3 Å². The van der Waals surface area contributed by atoms with Crippen LogP contribution in [0.25, 0.3) is 0 Å². The summed E-state index contributed by atoms with van der Waals surface area (Å²) >= 11 is 6.16. The van der Waals surface area contributed by atoms with Crippen LogP contribution >= 0.6 is 11.6 Å². The highest BCUT2D eigenvalue weighted by molar-refractivity contribution is 7.92.